The van der Waals surface area contributed by atoms with Gasteiger partial charge in [0.25, 0.3) is 0 Å². The van der Waals surface area contributed by atoms with Gasteiger partial charge in [-0.05, 0) is 35.4 Å². The van der Waals surface area contributed by atoms with Gasteiger partial charge in [0.1, 0.15) is 4.49 Å². The molecular weight excluding hydrogens is 388 g/mol. The van der Waals surface area contributed by atoms with Crippen LogP contribution in [0, 0.1) is 0 Å². The maximum absolute atomic E-state index is 11.8. The molecule has 0 N–H and O–H groups in total. The van der Waals surface area contributed by atoms with E-state index in [1.54, 1.807) is 30.3 Å². The minimum atomic E-state index is -3.47. The van der Waals surface area contributed by atoms with Crippen LogP contribution in [0.1, 0.15) is 11.1 Å². The van der Waals surface area contributed by atoms with E-state index >= 15 is 0 Å². The van der Waals surface area contributed by atoms with Crippen LogP contribution in [0.3, 0.4) is 0 Å². The molecule has 22 heavy (non-hydrogen) atoms. The third-order valence-corrected chi connectivity index (χ3v) is 5.15. The molecule has 0 radical (unpaired) electrons. The maximum atomic E-state index is 11.8. The molecule has 0 atom stereocenters. The number of sulfone groups is 1. The van der Waals surface area contributed by atoms with Crippen LogP contribution in [0.4, 0.5) is 0 Å². The topological polar surface area (TPSA) is 34.1 Å². The first-order valence-electron chi connectivity index (χ1n) is 6.01. The Morgan fingerprint density at radius 1 is 1.05 bits per heavy atom. The highest BCUT2D eigenvalue weighted by atomic mass is 35.5. The van der Waals surface area contributed by atoms with E-state index in [9.17, 15) is 8.42 Å². The summed E-state index contributed by atoms with van der Waals surface area (Å²) in [5, 5.41) is 0.717. The molecule has 0 amide bonds. The van der Waals surface area contributed by atoms with Gasteiger partial charge in [-0.15, -0.1) is 0 Å². The second-order valence-electron chi connectivity index (χ2n) is 4.56. The predicted molar refractivity (Wildman–Crippen MR) is 93.7 cm³/mol. The van der Waals surface area contributed by atoms with Crippen molar-refractivity contribution in [2.24, 2.45) is 0 Å². The number of hydrogen-bond donors (Lipinski definition) is 0. The Hall–Kier alpha value is -0.710. The van der Waals surface area contributed by atoms with Crippen LogP contribution in [-0.2, 0) is 9.84 Å². The van der Waals surface area contributed by atoms with Crippen LogP contribution in [0.25, 0.3) is 5.57 Å². The summed E-state index contributed by atoms with van der Waals surface area (Å²) >= 11 is 23.8. The number of benzene rings is 2. The second-order valence-corrected chi connectivity index (χ2v) is 8.34. The smallest absolute Gasteiger partial charge is 0.177 e. The highest BCUT2D eigenvalue weighted by molar-refractivity contribution is 7.90. The number of hydrogen-bond acceptors (Lipinski definition) is 2. The van der Waals surface area contributed by atoms with E-state index in [0.717, 1.165) is 6.26 Å². The summed E-state index contributed by atoms with van der Waals surface area (Å²) in [6, 6.07) is 11.5. The van der Waals surface area contributed by atoms with Crippen LogP contribution >= 0.6 is 46.4 Å². The zero-order chi connectivity index (χ0) is 16.5. The van der Waals surface area contributed by atoms with Crippen LogP contribution in [0.15, 0.2) is 51.9 Å². The maximum Gasteiger partial charge on any atom is 0.177 e. The lowest BCUT2D eigenvalue weighted by atomic mass is 10.1. The van der Waals surface area contributed by atoms with Gasteiger partial charge in [0.2, 0.25) is 0 Å². The molecule has 116 valence electrons. The van der Waals surface area contributed by atoms with Crippen molar-refractivity contribution < 1.29 is 8.42 Å². The van der Waals surface area contributed by atoms with Crippen molar-refractivity contribution in [1.29, 1.82) is 0 Å². The molecule has 0 aromatic heterocycles. The summed E-state index contributed by atoms with van der Waals surface area (Å²) in [4.78, 5) is 0.0210. The van der Waals surface area contributed by atoms with Crippen LogP contribution in [0.5, 0.6) is 0 Å². The molecule has 2 nitrogen and oxygen atoms in total. The van der Waals surface area contributed by atoms with Crippen LogP contribution in [0.2, 0.25) is 10.0 Å². The molecule has 2 aromatic rings. The van der Waals surface area contributed by atoms with Crippen LogP contribution in [-0.4, -0.2) is 14.7 Å². The third kappa shape index (κ3) is 3.98. The summed E-state index contributed by atoms with van der Waals surface area (Å²) in [5.41, 5.74) is 1.76. The molecular formula is C15H10Cl4O2S. The van der Waals surface area contributed by atoms with E-state index in [-0.39, 0.29) is 14.4 Å². The average molecular weight is 398 g/mol. The van der Waals surface area contributed by atoms with Gasteiger partial charge in [-0.2, -0.15) is 0 Å². The quantitative estimate of drug-likeness (QED) is 0.676. The van der Waals surface area contributed by atoms with E-state index in [0.29, 0.717) is 21.7 Å². The van der Waals surface area contributed by atoms with E-state index in [1.165, 1.54) is 12.1 Å². The number of rotatable bonds is 3. The molecule has 0 fully saturated rings. The van der Waals surface area contributed by atoms with Gasteiger partial charge in [0, 0.05) is 16.9 Å². The molecule has 0 aliphatic heterocycles. The normalized spacial score (nSPS) is 11.3. The van der Waals surface area contributed by atoms with Gasteiger partial charge in [-0.25, -0.2) is 8.42 Å². The highest BCUT2D eigenvalue weighted by Crippen LogP contribution is 2.34. The Kier molecular flexibility index (Phi) is 5.46. The zero-order valence-electron chi connectivity index (χ0n) is 11.3. The van der Waals surface area contributed by atoms with Crippen LogP contribution < -0.4 is 0 Å². The van der Waals surface area contributed by atoms with Crippen molar-refractivity contribution in [3.8, 4) is 0 Å². The largest absolute Gasteiger partial charge is 0.224 e. The monoisotopic (exact) mass is 396 g/mol. The summed E-state index contributed by atoms with van der Waals surface area (Å²) in [7, 11) is -3.47. The molecule has 0 spiro atoms. The SMILES string of the molecule is CS(=O)(=O)c1c[14c](C(=C(Cl)Cl)c2ccc(Cl)cc2)ccc1Cl. The first-order chi connectivity index (χ1) is 10.2. The summed E-state index contributed by atoms with van der Waals surface area (Å²) in [5.74, 6) is 0. The predicted octanol–water partition coefficient (Wildman–Crippen LogP) is 5.59. The summed E-state index contributed by atoms with van der Waals surface area (Å²) < 4.78 is 23.6. The molecule has 0 aliphatic carbocycles. The Balaban J connectivity index is 2.66. The molecule has 2 rings (SSSR count). The first-order valence-corrected chi connectivity index (χ1v) is 9.41. The Bertz CT molecular complexity index is 836. The molecule has 0 saturated heterocycles. The van der Waals surface area contributed by atoms with Crippen molar-refractivity contribution in [3.63, 3.8) is 0 Å². The van der Waals surface area contributed by atoms with Crippen molar-refractivity contribution in [3.05, 3.63) is 68.1 Å². The molecule has 0 unspecified atom stereocenters. The third-order valence-electron chi connectivity index (χ3n) is 2.94. The number of halogens is 4. The second kappa shape index (κ2) is 6.81. The lowest BCUT2D eigenvalue weighted by Crippen LogP contribution is -2.00. The Labute approximate surface area is 149 Å². The molecule has 7 heteroatoms. The van der Waals surface area contributed by atoms with E-state index in [2.05, 4.69) is 0 Å². The molecule has 0 aliphatic rings. The minimum Gasteiger partial charge on any atom is -0.224 e. The molecule has 2 aromatic carbocycles. The fraction of sp³-hybridized carbons (Fsp3) is 0.0667. The van der Waals surface area contributed by atoms with Gasteiger partial charge in [-0.1, -0.05) is 64.6 Å². The minimum absolute atomic E-state index is 0.0177. The average Bonchev–Trinajstić information content (AvgIpc) is 2.41. The fourth-order valence-electron chi connectivity index (χ4n) is 1.94. The van der Waals surface area contributed by atoms with Crippen molar-refractivity contribution in [2.75, 3.05) is 6.26 Å². The fourth-order valence-corrected chi connectivity index (χ4v) is 3.81. The highest BCUT2D eigenvalue weighted by Gasteiger charge is 2.16. The lowest BCUT2D eigenvalue weighted by molar-refractivity contribution is 0.602. The van der Waals surface area contributed by atoms with E-state index < -0.39 is 9.84 Å². The van der Waals surface area contributed by atoms with Crippen molar-refractivity contribution in [1.82, 2.24) is 0 Å². The van der Waals surface area contributed by atoms with Gasteiger partial charge < -0.3 is 0 Å². The standard InChI is InChI=1S/C15H10Cl4O2S/c1-22(20,21)13-8-10(4-7-12(13)17)14(15(18)19)9-2-5-11(16)6-3-9/h2-8H,1H3/i10+2. The first kappa shape index (κ1) is 17.6. The van der Waals surface area contributed by atoms with Gasteiger partial charge in [0.05, 0.1) is 9.92 Å². The summed E-state index contributed by atoms with van der Waals surface area (Å²) in [6.45, 7) is 0. The van der Waals surface area contributed by atoms with Crippen molar-refractivity contribution >= 4 is 61.8 Å². The molecule has 0 heterocycles. The van der Waals surface area contributed by atoms with E-state index in [1.807, 2.05) is 0 Å². The van der Waals surface area contributed by atoms with Gasteiger partial charge >= 0.3 is 0 Å². The van der Waals surface area contributed by atoms with Gasteiger partial charge in [-0.3, -0.25) is 0 Å². The van der Waals surface area contributed by atoms with Crippen molar-refractivity contribution in [2.45, 2.75) is 4.90 Å². The lowest BCUT2D eigenvalue weighted by Gasteiger charge is -2.11. The van der Waals surface area contributed by atoms with E-state index in [4.69, 9.17) is 46.4 Å². The van der Waals surface area contributed by atoms with Gasteiger partial charge in [0.15, 0.2) is 9.84 Å². The molecule has 0 saturated carbocycles. The Morgan fingerprint density at radius 2 is 1.64 bits per heavy atom. The zero-order valence-corrected chi connectivity index (χ0v) is 15.1. The molecule has 0 bridgehead atoms. The Morgan fingerprint density at radius 3 is 2.14 bits per heavy atom. The summed E-state index contributed by atoms with van der Waals surface area (Å²) in [6.07, 6.45) is 1.09.